The molecule has 1 heterocycles. The van der Waals surface area contributed by atoms with Crippen LogP contribution in [0.25, 0.3) is 5.69 Å². The van der Waals surface area contributed by atoms with Crippen LogP contribution in [0.1, 0.15) is 0 Å². The van der Waals surface area contributed by atoms with E-state index < -0.39 is 17.7 Å². The highest BCUT2D eigenvalue weighted by Crippen LogP contribution is 2.25. The molecule has 0 atom stereocenters. The zero-order valence-corrected chi connectivity index (χ0v) is 11.5. The van der Waals surface area contributed by atoms with Crippen molar-refractivity contribution in [2.45, 2.75) is 6.36 Å². The van der Waals surface area contributed by atoms with Gasteiger partial charge in [0.05, 0.1) is 26.1 Å². The fourth-order valence-corrected chi connectivity index (χ4v) is 1.75. The molecule has 0 saturated carbocycles. The Morgan fingerprint density at radius 1 is 1.18 bits per heavy atom. The summed E-state index contributed by atoms with van der Waals surface area (Å²) in [5.74, 6) is -0.459. The summed E-state index contributed by atoms with van der Waals surface area (Å²) in [6, 6.07) is 4.86. The van der Waals surface area contributed by atoms with Crippen LogP contribution in [-0.4, -0.2) is 30.4 Å². The molecule has 0 fully saturated rings. The Morgan fingerprint density at radius 3 is 2.50 bits per heavy atom. The Kier molecular flexibility index (Phi) is 4.25. The number of ether oxygens (including phenoxy) is 3. The van der Waals surface area contributed by atoms with Gasteiger partial charge in [-0.3, -0.25) is 4.79 Å². The van der Waals surface area contributed by atoms with E-state index in [4.69, 9.17) is 9.47 Å². The van der Waals surface area contributed by atoms with E-state index in [0.717, 1.165) is 16.8 Å². The number of alkyl halides is 3. The van der Waals surface area contributed by atoms with Crippen LogP contribution in [0, 0.1) is 0 Å². The Balaban J connectivity index is 2.49. The molecule has 1 aromatic carbocycles. The fraction of sp³-hybridized carbons (Fsp3) is 0.231. The standard InChI is InChI=1S/C13H11F3N2O4/c1-20-10-7-17-18(12(19)11(10)21-2)8-4-3-5-9(6-8)22-13(14,15)16/h3-7H,1-2H3. The normalized spacial score (nSPS) is 11.1. The van der Waals surface area contributed by atoms with E-state index in [2.05, 4.69) is 9.84 Å². The Labute approximate surface area is 122 Å². The van der Waals surface area contributed by atoms with Crippen molar-refractivity contribution in [2.75, 3.05) is 14.2 Å². The van der Waals surface area contributed by atoms with E-state index in [1.807, 2.05) is 0 Å². The molecule has 0 aliphatic rings. The minimum atomic E-state index is -4.82. The quantitative estimate of drug-likeness (QED) is 0.865. The minimum Gasteiger partial charge on any atom is -0.491 e. The summed E-state index contributed by atoms with van der Waals surface area (Å²) < 4.78 is 51.2. The average molecular weight is 316 g/mol. The van der Waals surface area contributed by atoms with E-state index >= 15 is 0 Å². The maximum absolute atomic E-state index is 12.2. The average Bonchev–Trinajstić information content (AvgIpc) is 2.45. The molecule has 2 rings (SSSR count). The lowest BCUT2D eigenvalue weighted by atomic mass is 10.3. The van der Waals surface area contributed by atoms with Crippen LogP contribution in [0.3, 0.4) is 0 Å². The molecule has 0 aliphatic carbocycles. The van der Waals surface area contributed by atoms with Gasteiger partial charge in [0.1, 0.15) is 5.75 Å². The lowest BCUT2D eigenvalue weighted by Gasteiger charge is -2.12. The highest BCUT2D eigenvalue weighted by molar-refractivity contribution is 5.42. The highest BCUT2D eigenvalue weighted by atomic mass is 19.4. The van der Waals surface area contributed by atoms with E-state index in [0.29, 0.717) is 0 Å². The predicted molar refractivity (Wildman–Crippen MR) is 69.6 cm³/mol. The molecule has 0 N–H and O–H groups in total. The van der Waals surface area contributed by atoms with E-state index in [-0.39, 0.29) is 17.2 Å². The molecule has 0 unspecified atom stereocenters. The van der Waals surface area contributed by atoms with Crippen LogP contribution in [-0.2, 0) is 0 Å². The van der Waals surface area contributed by atoms with Gasteiger partial charge in [0.2, 0.25) is 5.75 Å². The SMILES string of the molecule is COc1cnn(-c2cccc(OC(F)(F)F)c2)c(=O)c1OC. The number of hydrogen-bond donors (Lipinski definition) is 0. The van der Waals surface area contributed by atoms with Crippen molar-refractivity contribution in [1.82, 2.24) is 9.78 Å². The third-order valence-corrected chi connectivity index (χ3v) is 2.62. The third-order valence-electron chi connectivity index (χ3n) is 2.62. The van der Waals surface area contributed by atoms with Gasteiger partial charge in [0, 0.05) is 6.07 Å². The van der Waals surface area contributed by atoms with E-state index in [1.54, 1.807) is 0 Å². The summed E-state index contributed by atoms with van der Waals surface area (Å²) in [5.41, 5.74) is -0.585. The molecule has 6 nitrogen and oxygen atoms in total. The van der Waals surface area contributed by atoms with Crippen molar-refractivity contribution in [2.24, 2.45) is 0 Å². The van der Waals surface area contributed by atoms with Gasteiger partial charge in [-0.2, -0.15) is 9.78 Å². The predicted octanol–water partition coefficient (Wildman–Crippen LogP) is 2.15. The number of rotatable bonds is 4. The number of hydrogen-bond acceptors (Lipinski definition) is 5. The molecule has 22 heavy (non-hydrogen) atoms. The Morgan fingerprint density at radius 2 is 1.91 bits per heavy atom. The van der Waals surface area contributed by atoms with Crippen LogP contribution in [0.5, 0.6) is 17.2 Å². The zero-order valence-electron chi connectivity index (χ0n) is 11.5. The maximum atomic E-state index is 12.2. The third kappa shape index (κ3) is 3.30. The molecule has 2 aromatic rings. The van der Waals surface area contributed by atoms with Crippen molar-refractivity contribution >= 4 is 0 Å². The molecule has 0 bridgehead atoms. The van der Waals surface area contributed by atoms with Crippen LogP contribution >= 0.6 is 0 Å². The van der Waals surface area contributed by atoms with Gasteiger partial charge in [-0.25, -0.2) is 0 Å². The summed E-state index contributed by atoms with van der Waals surface area (Å²) in [5, 5.41) is 3.83. The first-order valence-corrected chi connectivity index (χ1v) is 5.92. The smallest absolute Gasteiger partial charge is 0.491 e. The molecule has 1 aromatic heterocycles. The van der Waals surface area contributed by atoms with Crippen LogP contribution in [0.2, 0.25) is 0 Å². The minimum absolute atomic E-state index is 0.0905. The molecular formula is C13H11F3N2O4. The summed E-state index contributed by atoms with van der Waals surface area (Å²) in [7, 11) is 2.61. The fourth-order valence-electron chi connectivity index (χ4n) is 1.75. The van der Waals surface area contributed by atoms with Gasteiger partial charge in [0.25, 0.3) is 0 Å². The number of aromatic nitrogens is 2. The van der Waals surface area contributed by atoms with Gasteiger partial charge in [-0.1, -0.05) is 6.07 Å². The molecule has 9 heteroatoms. The van der Waals surface area contributed by atoms with Crippen molar-refractivity contribution in [3.8, 4) is 22.9 Å². The first kappa shape index (κ1) is 15.7. The van der Waals surface area contributed by atoms with Gasteiger partial charge in [-0.15, -0.1) is 13.2 Å². The van der Waals surface area contributed by atoms with Crippen LogP contribution in [0.4, 0.5) is 13.2 Å². The van der Waals surface area contributed by atoms with E-state index in [1.165, 1.54) is 32.5 Å². The largest absolute Gasteiger partial charge is 0.573 e. The Bertz CT molecular complexity index is 728. The molecule has 118 valence electrons. The van der Waals surface area contributed by atoms with Crippen molar-refractivity contribution in [3.63, 3.8) is 0 Å². The van der Waals surface area contributed by atoms with Gasteiger partial charge < -0.3 is 14.2 Å². The molecule has 0 aliphatic heterocycles. The number of methoxy groups -OCH3 is 2. The second-order valence-corrected chi connectivity index (χ2v) is 4.01. The molecule has 0 spiro atoms. The monoisotopic (exact) mass is 316 g/mol. The lowest BCUT2D eigenvalue weighted by molar-refractivity contribution is -0.274. The second kappa shape index (κ2) is 5.96. The maximum Gasteiger partial charge on any atom is 0.573 e. The van der Waals surface area contributed by atoms with Crippen LogP contribution < -0.4 is 19.8 Å². The molecule has 0 saturated heterocycles. The summed E-state index contributed by atoms with van der Waals surface area (Å²) in [6.07, 6.45) is -3.61. The topological polar surface area (TPSA) is 62.6 Å². The zero-order chi connectivity index (χ0) is 16.3. The van der Waals surface area contributed by atoms with Gasteiger partial charge in [-0.05, 0) is 12.1 Å². The number of halogens is 3. The molecule has 0 radical (unpaired) electrons. The molecule has 0 amide bonds. The number of benzene rings is 1. The van der Waals surface area contributed by atoms with Crippen LogP contribution in [0.15, 0.2) is 35.3 Å². The summed E-state index contributed by atoms with van der Waals surface area (Å²) in [4.78, 5) is 12.2. The highest BCUT2D eigenvalue weighted by Gasteiger charge is 2.31. The summed E-state index contributed by atoms with van der Waals surface area (Å²) >= 11 is 0. The van der Waals surface area contributed by atoms with Gasteiger partial charge in [0.15, 0.2) is 5.75 Å². The van der Waals surface area contributed by atoms with Crippen molar-refractivity contribution < 1.29 is 27.4 Å². The first-order valence-electron chi connectivity index (χ1n) is 5.92. The lowest BCUT2D eigenvalue weighted by Crippen LogP contribution is -2.23. The Hall–Kier alpha value is -2.71. The van der Waals surface area contributed by atoms with Gasteiger partial charge >= 0.3 is 11.9 Å². The first-order chi connectivity index (χ1) is 10.4. The van der Waals surface area contributed by atoms with E-state index in [9.17, 15) is 18.0 Å². The summed E-state index contributed by atoms with van der Waals surface area (Å²) in [6.45, 7) is 0. The number of nitrogens with zero attached hydrogens (tertiary/aromatic N) is 2. The van der Waals surface area contributed by atoms with Crippen molar-refractivity contribution in [1.29, 1.82) is 0 Å². The van der Waals surface area contributed by atoms with Crippen molar-refractivity contribution in [3.05, 3.63) is 40.8 Å². The molecular weight excluding hydrogens is 305 g/mol. The second-order valence-electron chi connectivity index (χ2n) is 4.01.